The van der Waals surface area contributed by atoms with E-state index in [-0.39, 0.29) is 6.61 Å². The number of rotatable bonds is 3. The fourth-order valence-corrected chi connectivity index (χ4v) is 3.93. The number of nitrogen functional groups attached to an aromatic ring is 1. The number of piperidine rings is 1. The number of nitrogens with zero attached hydrogens (tertiary/aromatic N) is 2. The van der Waals surface area contributed by atoms with Crippen LogP contribution in [-0.4, -0.2) is 29.8 Å². The van der Waals surface area contributed by atoms with Crippen LogP contribution < -0.4 is 10.6 Å². The van der Waals surface area contributed by atoms with E-state index in [1.807, 2.05) is 13.0 Å². The molecule has 5 heteroatoms. The standard InChI is InChI=1S/C15H21N3OS/c1-10-17-13-8-14(12(16)7-15(13)20-10)18-5-2-3-11(9-18)4-6-19/h7-8,11,19H,2-6,9,16H2,1H3. The normalized spacial score (nSPS) is 19.7. The molecule has 0 spiro atoms. The number of aryl methyl sites for hydroxylation is 1. The van der Waals surface area contributed by atoms with Crippen LogP contribution in [-0.2, 0) is 0 Å². The van der Waals surface area contributed by atoms with Crippen molar-refractivity contribution in [3.05, 3.63) is 17.1 Å². The average molecular weight is 291 g/mol. The predicted octanol–water partition coefficient (Wildman–Crippen LogP) is 2.79. The Morgan fingerprint density at radius 3 is 3.15 bits per heavy atom. The van der Waals surface area contributed by atoms with Crippen LogP contribution in [0.5, 0.6) is 0 Å². The number of hydrogen-bond donors (Lipinski definition) is 2. The van der Waals surface area contributed by atoms with Gasteiger partial charge in [0.25, 0.3) is 0 Å². The van der Waals surface area contributed by atoms with Gasteiger partial charge >= 0.3 is 0 Å². The molecular formula is C15H21N3OS. The van der Waals surface area contributed by atoms with Gasteiger partial charge in [-0.1, -0.05) is 0 Å². The topological polar surface area (TPSA) is 62.4 Å². The number of nitrogens with two attached hydrogens (primary N) is 1. The van der Waals surface area contributed by atoms with E-state index < -0.39 is 0 Å². The Hall–Kier alpha value is -1.33. The van der Waals surface area contributed by atoms with Crippen LogP contribution in [0.2, 0.25) is 0 Å². The SMILES string of the molecule is Cc1nc2cc(N3CCCC(CCO)C3)c(N)cc2s1. The van der Waals surface area contributed by atoms with Crippen molar-refractivity contribution in [1.82, 2.24) is 4.98 Å². The second-order valence-corrected chi connectivity index (χ2v) is 6.81. The smallest absolute Gasteiger partial charge is 0.0907 e. The molecule has 20 heavy (non-hydrogen) atoms. The average Bonchev–Trinajstić information content (AvgIpc) is 2.77. The van der Waals surface area contributed by atoms with E-state index in [2.05, 4.69) is 16.0 Å². The van der Waals surface area contributed by atoms with E-state index in [4.69, 9.17) is 10.8 Å². The highest BCUT2D eigenvalue weighted by molar-refractivity contribution is 7.18. The number of fused-ring (bicyclic) bond motifs is 1. The number of aromatic nitrogens is 1. The molecule has 0 aliphatic carbocycles. The Kier molecular flexibility index (Phi) is 3.81. The van der Waals surface area contributed by atoms with Gasteiger partial charge in [-0.15, -0.1) is 11.3 Å². The number of anilines is 2. The van der Waals surface area contributed by atoms with Crippen molar-refractivity contribution >= 4 is 32.9 Å². The Morgan fingerprint density at radius 2 is 2.35 bits per heavy atom. The van der Waals surface area contributed by atoms with E-state index in [1.54, 1.807) is 11.3 Å². The molecule has 1 atom stereocenters. The third-order valence-corrected chi connectivity index (χ3v) is 4.97. The number of thiazole rings is 1. The van der Waals surface area contributed by atoms with Gasteiger partial charge in [0, 0.05) is 19.7 Å². The maximum absolute atomic E-state index is 9.12. The quantitative estimate of drug-likeness (QED) is 0.854. The van der Waals surface area contributed by atoms with Gasteiger partial charge in [0.2, 0.25) is 0 Å². The minimum absolute atomic E-state index is 0.276. The Bertz CT molecular complexity index is 608. The maximum Gasteiger partial charge on any atom is 0.0907 e. The van der Waals surface area contributed by atoms with Gasteiger partial charge in [0.15, 0.2) is 0 Å². The Balaban J connectivity index is 1.90. The van der Waals surface area contributed by atoms with Crippen molar-refractivity contribution in [3.8, 4) is 0 Å². The number of aliphatic hydroxyl groups is 1. The molecule has 1 saturated heterocycles. The molecular weight excluding hydrogens is 270 g/mol. The van der Waals surface area contributed by atoms with Crippen molar-refractivity contribution < 1.29 is 5.11 Å². The second-order valence-electron chi connectivity index (χ2n) is 5.58. The molecule has 0 amide bonds. The molecule has 2 aromatic rings. The summed E-state index contributed by atoms with van der Waals surface area (Å²) in [5.41, 5.74) is 9.22. The van der Waals surface area contributed by atoms with Crippen LogP contribution >= 0.6 is 11.3 Å². The van der Waals surface area contributed by atoms with Gasteiger partial charge in [-0.2, -0.15) is 0 Å². The molecule has 0 saturated carbocycles. The van der Waals surface area contributed by atoms with Crippen molar-refractivity contribution in [2.45, 2.75) is 26.2 Å². The fraction of sp³-hybridized carbons (Fsp3) is 0.533. The van der Waals surface area contributed by atoms with Gasteiger partial charge in [-0.25, -0.2) is 4.98 Å². The summed E-state index contributed by atoms with van der Waals surface area (Å²) in [6, 6.07) is 4.17. The first-order valence-electron chi connectivity index (χ1n) is 7.20. The van der Waals surface area contributed by atoms with E-state index in [9.17, 15) is 0 Å². The predicted molar refractivity (Wildman–Crippen MR) is 85.4 cm³/mol. The van der Waals surface area contributed by atoms with Crippen LogP contribution in [0, 0.1) is 12.8 Å². The molecule has 1 aromatic heterocycles. The lowest BCUT2D eigenvalue weighted by Crippen LogP contribution is -2.36. The highest BCUT2D eigenvalue weighted by Gasteiger charge is 2.21. The zero-order chi connectivity index (χ0) is 14.1. The third-order valence-electron chi connectivity index (χ3n) is 4.04. The fourth-order valence-electron chi connectivity index (χ4n) is 3.07. The van der Waals surface area contributed by atoms with E-state index in [1.165, 1.54) is 6.42 Å². The summed E-state index contributed by atoms with van der Waals surface area (Å²) in [5.74, 6) is 0.570. The van der Waals surface area contributed by atoms with Gasteiger partial charge < -0.3 is 15.7 Å². The van der Waals surface area contributed by atoms with Gasteiger partial charge in [-0.05, 0) is 44.2 Å². The summed E-state index contributed by atoms with van der Waals surface area (Å²) >= 11 is 1.69. The van der Waals surface area contributed by atoms with E-state index in [0.717, 1.165) is 52.5 Å². The minimum atomic E-state index is 0.276. The largest absolute Gasteiger partial charge is 0.397 e. The molecule has 1 fully saturated rings. The number of hydrogen-bond acceptors (Lipinski definition) is 5. The van der Waals surface area contributed by atoms with Crippen molar-refractivity contribution in [2.24, 2.45) is 5.92 Å². The maximum atomic E-state index is 9.12. The van der Waals surface area contributed by atoms with Crippen molar-refractivity contribution in [2.75, 3.05) is 30.3 Å². The molecule has 3 rings (SSSR count). The first-order valence-corrected chi connectivity index (χ1v) is 8.01. The zero-order valence-electron chi connectivity index (χ0n) is 11.8. The molecule has 108 valence electrons. The lowest BCUT2D eigenvalue weighted by molar-refractivity contribution is 0.244. The first kappa shape index (κ1) is 13.6. The van der Waals surface area contributed by atoms with Crippen molar-refractivity contribution in [3.63, 3.8) is 0 Å². The summed E-state index contributed by atoms with van der Waals surface area (Å²) in [7, 11) is 0. The lowest BCUT2D eigenvalue weighted by Gasteiger charge is -2.35. The summed E-state index contributed by atoms with van der Waals surface area (Å²) in [4.78, 5) is 6.92. The monoisotopic (exact) mass is 291 g/mol. The number of benzene rings is 1. The van der Waals surface area contributed by atoms with Crippen LogP contribution in [0.3, 0.4) is 0 Å². The van der Waals surface area contributed by atoms with Crippen molar-refractivity contribution in [1.29, 1.82) is 0 Å². The number of aliphatic hydroxyl groups excluding tert-OH is 1. The molecule has 1 aliphatic heterocycles. The molecule has 2 heterocycles. The molecule has 1 aliphatic rings. The summed E-state index contributed by atoms with van der Waals surface area (Å²) in [6.45, 7) is 4.33. The molecule has 3 N–H and O–H groups in total. The summed E-state index contributed by atoms with van der Waals surface area (Å²) in [6.07, 6.45) is 3.25. The Labute approximate surface area is 123 Å². The minimum Gasteiger partial charge on any atom is -0.397 e. The summed E-state index contributed by atoms with van der Waals surface area (Å²) in [5, 5.41) is 10.2. The Morgan fingerprint density at radius 1 is 1.50 bits per heavy atom. The van der Waals surface area contributed by atoms with Gasteiger partial charge in [0.05, 0.1) is 26.6 Å². The molecule has 0 bridgehead atoms. The highest BCUT2D eigenvalue weighted by Crippen LogP contribution is 2.34. The van der Waals surface area contributed by atoms with E-state index in [0.29, 0.717) is 5.92 Å². The molecule has 4 nitrogen and oxygen atoms in total. The lowest BCUT2D eigenvalue weighted by atomic mass is 9.94. The molecule has 0 radical (unpaired) electrons. The summed E-state index contributed by atoms with van der Waals surface area (Å²) < 4.78 is 1.16. The van der Waals surface area contributed by atoms with Crippen LogP contribution in [0.15, 0.2) is 12.1 Å². The van der Waals surface area contributed by atoms with Crippen LogP contribution in [0.4, 0.5) is 11.4 Å². The molecule has 1 unspecified atom stereocenters. The van der Waals surface area contributed by atoms with Crippen LogP contribution in [0.25, 0.3) is 10.2 Å². The van der Waals surface area contributed by atoms with E-state index >= 15 is 0 Å². The third kappa shape index (κ3) is 2.60. The molecule has 1 aromatic carbocycles. The van der Waals surface area contributed by atoms with Gasteiger partial charge in [0.1, 0.15) is 0 Å². The van der Waals surface area contributed by atoms with Crippen LogP contribution in [0.1, 0.15) is 24.3 Å². The van der Waals surface area contributed by atoms with Gasteiger partial charge in [-0.3, -0.25) is 0 Å². The zero-order valence-corrected chi connectivity index (χ0v) is 12.6. The highest BCUT2D eigenvalue weighted by atomic mass is 32.1. The second kappa shape index (κ2) is 5.58. The first-order chi connectivity index (χ1) is 9.67.